The summed E-state index contributed by atoms with van der Waals surface area (Å²) in [5.41, 5.74) is 11.9. The summed E-state index contributed by atoms with van der Waals surface area (Å²) >= 11 is 6.23. The SMILES string of the molecule is Clc1ccc2c(NNc3ccccc3)c3c(nc2c1)CCN(c1cnccn1)C3. The first-order valence-electron chi connectivity index (χ1n) is 9.47. The van der Waals surface area contributed by atoms with Crippen LogP contribution in [0.1, 0.15) is 11.3 Å². The fourth-order valence-corrected chi connectivity index (χ4v) is 3.83. The molecule has 4 aromatic rings. The summed E-state index contributed by atoms with van der Waals surface area (Å²) in [6.45, 7) is 1.55. The maximum atomic E-state index is 6.23. The number of anilines is 3. The molecule has 2 N–H and O–H groups in total. The molecule has 0 saturated carbocycles. The van der Waals surface area contributed by atoms with E-state index in [1.54, 1.807) is 18.6 Å². The molecule has 0 bridgehead atoms. The lowest BCUT2D eigenvalue weighted by molar-refractivity contribution is 0.705. The Morgan fingerprint density at radius 2 is 1.90 bits per heavy atom. The van der Waals surface area contributed by atoms with Crippen LogP contribution in [0.5, 0.6) is 0 Å². The number of benzene rings is 2. The summed E-state index contributed by atoms with van der Waals surface area (Å²) in [6.07, 6.45) is 6.04. The molecule has 0 amide bonds. The van der Waals surface area contributed by atoms with Crippen molar-refractivity contribution >= 4 is 39.7 Å². The Labute approximate surface area is 173 Å². The summed E-state index contributed by atoms with van der Waals surface area (Å²) in [5, 5.41) is 1.71. The normalized spacial score (nSPS) is 13.2. The summed E-state index contributed by atoms with van der Waals surface area (Å²) in [7, 11) is 0. The van der Waals surface area contributed by atoms with Crippen molar-refractivity contribution in [2.24, 2.45) is 0 Å². The van der Waals surface area contributed by atoms with Crippen molar-refractivity contribution < 1.29 is 0 Å². The topological polar surface area (TPSA) is 66.0 Å². The van der Waals surface area contributed by atoms with Gasteiger partial charge in [0.25, 0.3) is 0 Å². The standard InChI is InChI=1S/C22H19ClN6/c23-15-6-7-17-20(12-15)26-19-8-11-29(21-13-24-9-10-25-21)14-18(19)22(17)28-27-16-4-2-1-3-5-16/h1-7,9-10,12-13,27H,8,11,14H2,(H,26,28). The number of fused-ring (bicyclic) bond motifs is 2. The molecule has 1 aliphatic heterocycles. The van der Waals surface area contributed by atoms with Gasteiger partial charge in [0.05, 0.1) is 23.1 Å². The van der Waals surface area contributed by atoms with Gasteiger partial charge in [-0.05, 0) is 30.3 Å². The molecular weight excluding hydrogens is 384 g/mol. The van der Waals surface area contributed by atoms with E-state index >= 15 is 0 Å². The zero-order valence-corrected chi connectivity index (χ0v) is 16.4. The Bertz CT molecular complexity index is 1150. The van der Waals surface area contributed by atoms with Crippen LogP contribution in [0.4, 0.5) is 17.2 Å². The quantitative estimate of drug-likeness (QED) is 0.483. The minimum Gasteiger partial charge on any atom is -0.350 e. The molecule has 3 heterocycles. The van der Waals surface area contributed by atoms with Gasteiger partial charge in [-0.25, -0.2) is 4.98 Å². The van der Waals surface area contributed by atoms with Gasteiger partial charge in [-0.15, -0.1) is 0 Å². The number of halogens is 1. The van der Waals surface area contributed by atoms with Gasteiger partial charge in [0.2, 0.25) is 0 Å². The largest absolute Gasteiger partial charge is 0.350 e. The van der Waals surface area contributed by atoms with Crippen molar-refractivity contribution in [1.82, 2.24) is 15.0 Å². The number of hydrogen-bond acceptors (Lipinski definition) is 6. The maximum absolute atomic E-state index is 6.23. The Hall–Kier alpha value is -3.38. The predicted molar refractivity (Wildman–Crippen MR) is 117 cm³/mol. The highest BCUT2D eigenvalue weighted by Gasteiger charge is 2.23. The van der Waals surface area contributed by atoms with E-state index in [4.69, 9.17) is 16.6 Å². The molecule has 0 saturated heterocycles. The number of hydrogen-bond donors (Lipinski definition) is 2. The molecule has 2 aromatic carbocycles. The number of nitrogens with zero attached hydrogens (tertiary/aromatic N) is 4. The van der Waals surface area contributed by atoms with E-state index in [9.17, 15) is 0 Å². The molecule has 0 fully saturated rings. The summed E-state index contributed by atoms with van der Waals surface area (Å²) in [5.74, 6) is 0.872. The van der Waals surface area contributed by atoms with Crippen molar-refractivity contribution in [3.8, 4) is 0 Å². The maximum Gasteiger partial charge on any atom is 0.147 e. The highest BCUT2D eigenvalue weighted by molar-refractivity contribution is 6.31. The van der Waals surface area contributed by atoms with Crippen LogP contribution in [0.2, 0.25) is 5.02 Å². The van der Waals surface area contributed by atoms with E-state index in [0.717, 1.165) is 52.3 Å². The Morgan fingerprint density at radius 3 is 2.72 bits per heavy atom. The molecule has 0 atom stereocenters. The summed E-state index contributed by atoms with van der Waals surface area (Å²) in [6, 6.07) is 15.9. The minimum atomic E-state index is 0.684. The number of aromatic nitrogens is 3. The fraction of sp³-hybridized carbons (Fsp3) is 0.136. The van der Waals surface area contributed by atoms with Gasteiger partial charge in [-0.1, -0.05) is 29.8 Å². The van der Waals surface area contributed by atoms with Gasteiger partial charge in [-0.2, -0.15) is 0 Å². The number of rotatable bonds is 4. The first kappa shape index (κ1) is 17.7. The molecule has 0 radical (unpaired) electrons. The zero-order chi connectivity index (χ0) is 19.6. The molecule has 7 heteroatoms. The van der Waals surface area contributed by atoms with Gasteiger partial charge in [0.15, 0.2) is 0 Å². The predicted octanol–water partition coefficient (Wildman–Crippen LogP) is 4.68. The van der Waals surface area contributed by atoms with Crippen LogP contribution in [0.25, 0.3) is 10.9 Å². The van der Waals surface area contributed by atoms with Gasteiger partial charge in [-0.3, -0.25) is 15.4 Å². The number of nitrogens with one attached hydrogen (secondary N) is 2. The third-order valence-corrected chi connectivity index (χ3v) is 5.32. The second-order valence-corrected chi connectivity index (χ2v) is 7.36. The van der Waals surface area contributed by atoms with E-state index in [1.807, 2.05) is 48.5 Å². The molecule has 5 rings (SSSR count). The monoisotopic (exact) mass is 402 g/mol. The van der Waals surface area contributed by atoms with Crippen LogP contribution >= 0.6 is 11.6 Å². The third kappa shape index (κ3) is 3.54. The molecular formula is C22H19ClN6. The van der Waals surface area contributed by atoms with Crippen LogP contribution in [-0.4, -0.2) is 21.5 Å². The Morgan fingerprint density at radius 1 is 1.00 bits per heavy atom. The van der Waals surface area contributed by atoms with Crippen molar-refractivity contribution in [2.75, 3.05) is 22.3 Å². The molecule has 0 spiro atoms. The lowest BCUT2D eigenvalue weighted by Crippen LogP contribution is -2.32. The van der Waals surface area contributed by atoms with Crippen LogP contribution in [0.3, 0.4) is 0 Å². The van der Waals surface area contributed by atoms with Crippen LogP contribution in [-0.2, 0) is 13.0 Å². The highest BCUT2D eigenvalue weighted by atomic mass is 35.5. The Balaban J connectivity index is 1.57. The van der Waals surface area contributed by atoms with Crippen molar-refractivity contribution in [2.45, 2.75) is 13.0 Å². The van der Waals surface area contributed by atoms with Crippen LogP contribution in [0.15, 0.2) is 67.1 Å². The van der Waals surface area contributed by atoms with Gasteiger partial charge in [0, 0.05) is 53.6 Å². The van der Waals surface area contributed by atoms with E-state index in [2.05, 4.69) is 25.7 Å². The molecule has 0 aliphatic carbocycles. The molecule has 144 valence electrons. The van der Waals surface area contributed by atoms with Crippen LogP contribution in [0, 0.1) is 0 Å². The Kier molecular flexibility index (Phi) is 4.62. The summed E-state index contributed by atoms with van der Waals surface area (Å²) in [4.78, 5) is 15.8. The minimum absolute atomic E-state index is 0.684. The first-order valence-corrected chi connectivity index (χ1v) is 9.85. The average Bonchev–Trinajstić information content (AvgIpc) is 2.77. The molecule has 0 unspecified atom stereocenters. The average molecular weight is 403 g/mol. The van der Waals surface area contributed by atoms with E-state index in [0.29, 0.717) is 11.6 Å². The van der Waals surface area contributed by atoms with E-state index < -0.39 is 0 Å². The van der Waals surface area contributed by atoms with E-state index in [1.165, 1.54) is 0 Å². The van der Waals surface area contributed by atoms with Crippen molar-refractivity contribution in [3.63, 3.8) is 0 Å². The number of pyridine rings is 1. The fourth-order valence-electron chi connectivity index (χ4n) is 3.67. The van der Waals surface area contributed by atoms with Gasteiger partial charge >= 0.3 is 0 Å². The highest BCUT2D eigenvalue weighted by Crippen LogP contribution is 2.34. The first-order chi connectivity index (χ1) is 14.3. The molecule has 6 nitrogen and oxygen atoms in total. The van der Waals surface area contributed by atoms with E-state index in [-0.39, 0.29) is 0 Å². The molecule has 1 aliphatic rings. The number of para-hydroxylation sites is 1. The second-order valence-electron chi connectivity index (χ2n) is 6.92. The van der Waals surface area contributed by atoms with Gasteiger partial charge < -0.3 is 10.3 Å². The summed E-state index contributed by atoms with van der Waals surface area (Å²) < 4.78 is 0. The molecule has 2 aromatic heterocycles. The zero-order valence-electron chi connectivity index (χ0n) is 15.6. The third-order valence-electron chi connectivity index (χ3n) is 5.08. The smallest absolute Gasteiger partial charge is 0.147 e. The van der Waals surface area contributed by atoms with Crippen molar-refractivity contribution in [1.29, 1.82) is 0 Å². The lowest BCUT2D eigenvalue weighted by atomic mass is 10.00. The van der Waals surface area contributed by atoms with Crippen molar-refractivity contribution in [3.05, 3.63) is 83.4 Å². The van der Waals surface area contributed by atoms with Gasteiger partial charge in [0.1, 0.15) is 5.82 Å². The van der Waals surface area contributed by atoms with Crippen LogP contribution < -0.4 is 15.8 Å². The second kappa shape index (κ2) is 7.56. The number of hydrazine groups is 1. The lowest BCUT2D eigenvalue weighted by Gasteiger charge is -2.31. The molecule has 29 heavy (non-hydrogen) atoms.